The van der Waals surface area contributed by atoms with Gasteiger partial charge in [0.1, 0.15) is 17.4 Å². The van der Waals surface area contributed by atoms with Crippen LogP contribution in [0.4, 0.5) is 8.78 Å². The number of carbonyl (C=O) groups is 3. The van der Waals surface area contributed by atoms with E-state index >= 15 is 0 Å². The largest absolute Gasteiger partial charge is 0.492 e. The number of fused-ring (bicyclic) bond motifs is 2. The number of benzene rings is 3. The number of aryl methyl sites for hydroxylation is 1. The maximum Gasteiger partial charge on any atom is 0.252 e. The highest BCUT2D eigenvalue weighted by Gasteiger charge is 2.43. The fourth-order valence-corrected chi connectivity index (χ4v) is 7.14. The van der Waals surface area contributed by atoms with Gasteiger partial charge in [-0.15, -0.1) is 0 Å². The van der Waals surface area contributed by atoms with Crippen LogP contribution in [0.15, 0.2) is 76.8 Å². The second-order valence-corrected chi connectivity index (χ2v) is 14.0. The van der Waals surface area contributed by atoms with Crippen LogP contribution in [0.2, 0.25) is 0 Å². The molecule has 3 aliphatic rings. The third-order valence-electron chi connectivity index (χ3n) is 9.41. The molecule has 3 aromatic rings. The predicted octanol–water partition coefficient (Wildman–Crippen LogP) is 5.91. The highest BCUT2D eigenvalue weighted by atomic mass is 79.9. The third kappa shape index (κ3) is 8.75. The lowest BCUT2D eigenvalue weighted by Crippen LogP contribution is -2.62. The maximum atomic E-state index is 14.8. The summed E-state index contributed by atoms with van der Waals surface area (Å²) < 4.78 is 34.9. The molecule has 0 radical (unpaired) electrons. The van der Waals surface area contributed by atoms with E-state index in [1.807, 2.05) is 12.1 Å². The van der Waals surface area contributed by atoms with Crippen molar-refractivity contribution in [2.75, 3.05) is 19.7 Å². The molecule has 1 saturated heterocycles. The number of primary amides is 1. The lowest BCUT2D eigenvalue weighted by Gasteiger charge is -2.45. The van der Waals surface area contributed by atoms with E-state index in [9.17, 15) is 23.2 Å². The van der Waals surface area contributed by atoms with Gasteiger partial charge in [0.15, 0.2) is 0 Å². The molecule has 2 bridgehead atoms. The van der Waals surface area contributed by atoms with E-state index in [1.54, 1.807) is 34.1 Å². The normalized spacial score (nSPS) is 18.7. The van der Waals surface area contributed by atoms with Gasteiger partial charge in [0, 0.05) is 61.8 Å². The second kappa shape index (κ2) is 15.6. The van der Waals surface area contributed by atoms with Gasteiger partial charge < -0.3 is 25.6 Å². The summed E-state index contributed by atoms with van der Waals surface area (Å²) in [5.74, 6) is -0.850. The molecule has 2 aliphatic heterocycles. The average molecular weight is 736 g/mol. The zero-order valence-corrected chi connectivity index (χ0v) is 28.9. The van der Waals surface area contributed by atoms with Crippen molar-refractivity contribution in [3.05, 3.63) is 105 Å². The zero-order valence-electron chi connectivity index (χ0n) is 27.3. The van der Waals surface area contributed by atoms with E-state index in [-0.39, 0.29) is 54.9 Å². The van der Waals surface area contributed by atoms with Gasteiger partial charge >= 0.3 is 0 Å². The van der Waals surface area contributed by atoms with Crippen molar-refractivity contribution in [1.82, 2.24) is 15.1 Å². The summed E-state index contributed by atoms with van der Waals surface area (Å²) in [5, 5.41) is 3.61. The number of nitrogens with one attached hydrogen (secondary N) is 1. The molecule has 258 valence electrons. The minimum Gasteiger partial charge on any atom is -0.492 e. The van der Waals surface area contributed by atoms with Crippen molar-refractivity contribution in [2.24, 2.45) is 5.73 Å². The van der Waals surface area contributed by atoms with E-state index in [0.29, 0.717) is 53.9 Å². The van der Waals surface area contributed by atoms with E-state index in [4.69, 9.17) is 10.5 Å². The van der Waals surface area contributed by atoms with Crippen molar-refractivity contribution < 1.29 is 27.9 Å². The Morgan fingerprint density at radius 1 is 0.980 bits per heavy atom. The first-order chi connectivity index (χ1) is 23.7. The lowest BCUT2D eigenvalue weighted by molar-refractivity contribution is -0.134. The van der Waals surface area contributed by atoms with Crippen LogP contribution in [-0.4, -0.2) is 65.3 Å². The molecule has 2 heterocycles. The summed E-state index contributed by atoms with van der Waals surface area (Å²) >= 11 is 3.39. The van der Waals surface area contributed by atoms with Gasteiger partial charge in [-0.3, -0.25) is 14.4 Å². The topological polar surface area (TPSA) is 105 Å². The zero-order chi connectivity index (χ0) is 34.5. The van der Waals surface area contributed by atoms with Gasteiger partial charge in [0.05, 0.1) is 17.1 Å². The molecule has 1 saturated carbocycles. The number of amides is 3. The number of nitrogens with zero attached hydrogens (tertiary/aromatic N) is 2. The van der Waals surface area contributed by atoms with Crippen molar-refractivity contribution in [1.29, 1.82) is 0 Å². The number of hydrogen-bond acceptors (Lipinski definition) is 5. The fraction of sp³-hybridized carbons (Fsp3) is 0.395. The first-order valence-corrected chi connectivity index (χ1v) is 17.7. The van der Waals surface area contributed by atoms with Crippen LogP contribution in [0.1, 0.15) is 61.6 Å². The first-order valence-electron chi connectivity index (χ1n) is 16.9. The van der Waals surface area contributed by atoms with E-state index in [2.05, 4.69) is 33.4 Å². The van der Waals surface area contributed by atoms with E-state index < -0.39 is 11.9 Å². The van der Waals surface area contributed by atoms with Crippen LogP contribution < -0.4 is 15.8 Å². The molecular weight excluding hydrogens is 694 g/mol. The van der Waals surface area contributed by atoms with Crippen molar-refractivity contribution >= 4 is 39.2 Å². The number of nitrogens with two attached hydrogens (primary N) is 1. The molecule has 2 atom stereocenters. The molecule has 6 rings (SSSR count). The van der Waals surface area contributed by atoms with Gasteiger partial charge in [0.2, 0.25) is 11.8 Å². The van der Waals surface area contributed by atoms with Crippen molar-refractivity contribution in [2.45, 2.75) is 76.0 Å². The van der Waals surface area contributed by atoms with Gasteiger partial charge in [-0.05, 0) is 89.4 Å². The number of piperazine rings is 1. The second-order valence-electron chi connectivity index (χ2n) is 13.1. The minimum absolute atomic E-state index is 0.0336. The Morgan fingerprint density at radius 2 is 1.76 bits per heavy atom. The van der Waals surface area contributed by atoms with Gasteiger partial charge in [-0.1, -0.05) is 42.5 Å². The maximum absolute atomic E-state index is 14.8. The Labute approximate surface area is 293 Å². The molecular formula is C38H41BrF2N4O4. The lowest BCUT2D eigenvalue weighted by atomic mass is 9.82. The molecule has 11 heteroatoms. The minimum atomic E-state index is -0.433. The van der Waals surface area contributed by atoms with Crippen LogP contribution in [0, 0.1) is 11.6 Å². The number of halogens is 3. The van der Waals surface area contributed by atoms with Crippen LogP contribution >= 0.6 is 15.9 Å². The monoisotopic (exact) mass is 734 g/mol. The van der Waals surface area contributed by atoms with Crippen LogP contribution in [0.25, 0.3) is 5.57 Å². The molecule has 2 unspecified atom stereocenters. The summed E-state index contributed by atoms with van der Waals surface area (Å²) in [6, 6.07) is 18.7. The molecule has 0 aromatic heterocycles. The number of ether oxygens (including phenoxy) is 1. The molecule has 3 N–H and O–H groups in total. The molecule has 1 aliphatic carbocycles. The molecule has 49 heavy (non-hydrogen) atoms. The van der Waals surface area contributed by atoms with Gasteiger partial charge in [0.25, 0.3) is 5.91 Å². The molecule has 3 aromatic carbocycles. The van der Waals surface area contributed by atoms with Crippen LogP contribution in [0.3, 0.4) is 0 Å². The standard InChI is InChI=1S/C38H41BrF2N4O4/c39-31-17-14-27(40)19-34(31)49-18-4-5-24-10-12-25(13-11-24)30-20-28-22-44(36(47)9-3-8-35(42)46)23-33(43-28)37(30)38(48)45(29-15-16-29)21-26-6-1-2-7-32(26)41/h1-2,6-7,10-14,17,19,28-29,33,43H,3-5,8-9,15-16,18,20-23H2,(H2,42,46). The smallest absolute Gasteiger partial charge is 0.252 e. The average Bonchev–Trinajstić information content (AvgIpc) is 3.93. The summed E-state index contributed by atoms with van der Waals surface area (Å²) in [5.41, 5.74) is 9.39. The molecule has 3 amide bonds. The van der Waals surface area contributed by atoms with Crippen LogP contribution in [-0.2, 0) is 27.3 Å². The summed E-state index contributed by atoms with van der Waals surface area (Å²) in [6.45, 7) is 1.43. The summed E-state index contributed by atoms with van der Waals surface area (Å²) in [4.78, 5) is 42.6. The van der Waals surface area contributed by atoms with Crippen molar-refractivity contribution in [3.8, 4) is 5.75 Å². The Balaban J connectivity index is 1.22. The Kier molecular flexibility index (Phi) is 11.1. The third-order valence-corrected chi connectivity index (χ3v) is 10.1. The van der Waals surface area contributed by atoms with E-state index in [0.717, 1.165) is 42.4 Å². The Hall–Kier alpha value is -4.09. The quantitative estimate of drug-likeness (QED) is 0.201. The molecule has 0 spiro atoms. The summed E-state index contributed by atoms with van der Waals surface area (Å²) in [6.07, 6.45) is 4.53. The highest BCUT2D eigenvalue weighted by Crippen LogP contribution is 2.38. The summed E-state index contributed by atoms with van der Waals surface area (Å²) in [7, 11) is 0. The Morgan fingerprint density at radius 3 is 2.49 bits per heavy atom. The first kappa shape index (κ1) is 34.8. The highest BCUT2D eigenvalue weighted by molar-refractivity contribution is 9.10. The number of carbonyl (C=O) groups excluding carboxylic acids is 3. The molecule has 2 fully saturated rings. The predicted molar refractivity (Wildman–Crippen MR) is 186 cm³/mol. The van der Waals surface area contributed by atoms with Gasteiger partial charge in [-0.2, -0.15) is 0 Å². The van der Waals surface area contributed by atoms with E-state index in [1.165, 1.54) is 18.2 Å². The number of rotatable bonds is 14. The van der Waals surface area contributed by atoms with Crippen LogP contribution in [0.5, 0.6) is 5.75 Å². The van der Waals surface area contributed by atoms with Crippen molar-refractivity contribution in [3.63, 3.8) is 0 Å². The SMILES string of the molecule is NC(=O)CCCC(=O)N1CC2CC(c3ccc(CCCOc4cc(F)ccc4Br)cc3)=C(C(=O)N(Cc3ccccc3F)C3CC3)C(C1)N2. The number of hydrogen-bond donors (Lipinski definition) is 2. The fourth-order valence-electron chi connectivity index (χ4n) is 6.78. The molecule has 8 nitrogen and oxygen atoms in total. The Bertz CT molecular complexity index is 1730. The van der Waals surface area contributed by atoms with Gasteiger partial charge in [-0.25, -0.2) is 8.78 Å².